The van der Waals surface area contributed by atoms with E-state index < -0.39 is 0 Å². The van der Waals surface area contributed by atoms with E-state index in [9.17, 15) is 10.1 Å². The summed E-state index contributed by atoms with van der Waals surface area (Å²) in [5.74, 6) is 0.217. The van der Waals surface area contributed by atoms with E-state index in [0.29, 0.717) is 16.5 Å². The molecule has 0 aliphatic carbocycles. The van der Waals surface area contributed by atoms with E-state index >= 15 is 0 Å². The van der Waals surface area contributed by atoms with Gasteiger partial charge in [0.2, 0.25) is 5.91 Å². The van der Waals surface area contributed by atoms with Crippen LogP contribution in [-0.4, -0.2) is 18.0 Å². The fraction of sp³-hybridized carbons (Fsp3) is 0.500. The van der Waals surface area contributed by atoms with Gasteiger partial charge >= 0.3 is 0 Å². The maximum Gasteiger partial charge on any atom is 0.238 e. The van der Waals surface area contributed by atoms with Crippen LogP contribution in [0, 0.1) is 17.2 Å². The van der Waals surface area contributed by atoms with Crippen LogP contribution in [0.1, 0.15) is 69.2 Å². The first kappa shape index (κ1) is 22.5. The molecule has 0 saturated heterocycles. The molecule has 0 unspecified atom stereocenters. The molecule has 0 fully saturated rings. The van der Waals surface area contributed by atoms with Gasteiger partial charge in [0.05, 0.1) is 12.1 Å². The van der Waals surface area contributed by atoms with Crippen LogP contribution in [0.2, 0.25) is 0 Å². The van der Waals surface area contributed by atoms with Crippen molar-refractivity contribution in [3.05, 3.63) is 51.9 Å². The molecule has 1 aliphatic heterocycles. The van der Waals surface area contributed by atoms with Gasteiger partial charge in [-0.05, 0) is 51.2 Å². The minimum Gasteiger partial charge on any atom is -0.315 e. The van der Waals surface area contributed by atoms with E-state index in [1.165, 1.54) is 16.9 Å². The predicted molar refractivity (Wildman–Crippen MR) is 124 cm³/mol. The molecular formula is C24H32N4OS. The number of nitriles is 1. The maximum atomic E-state index is 12.7. The molecule has 1 aliphatic rings. The van der Waals surface area contributed by atoms with Crippen LogP contribution in [0.5, 0.6) is 0 Å². The summed E-state index contributed by atoms with van der Waals surface area (Å²) in [6.45, 7) is 13.0. The van der Waals surface area contributed by atoms with Crippen molar-refractivity contribution in [2.24, 2.45) is 5.92 Å². The van der Waals surface area contributed by atoms with E-state index in [1.807, 2.05) is 18.2 Å². The van der Waals surface area contributed by atoms with Crippen molar-refractivity contribution in [3.8, 4) is 6.07 Å². The van der Waals surface area contributed by atoms with Gasteiger partial charge in [-0.2, -0.15) is 5.26 Å². The van der Waals surface area contributed by atoms with E-state index in [4.69, 9.17) is 0 Å². The summed E-state index contributed by atoms with van der Waals surface area (Å²) < 4.78 is 0. The molecule has 1 aromatic carbocycles. The largest absolute Gasteiger partial charge is 0.315 e. The van der Waals surface area contributed by atoms with Crippen molar-refractivity contribution in [1.82, 2.24) is 10.6 Å². The molecule has 2 heterocycles. The zero-order valence-corrected chi connectivity index (χ0v) is 19.5. The highest BCUT2D eigenvalue weighted by Gasteiger charge is 2.40. The Labute approximate surface area is 183 Å². The predicted octanol–water partition coefficient (Wildman–Crippen LogP) is 4.70. The summed E-state index contributed by atoms with van der Waals surface area (Å²) in [4.78, 5) is 13.9. The van der Waals surface area contributed by atoms with E-state index in [2.05, 4.69) is 75.7 Å². The highest BCUT2D eigenvalue weighted by Crippen LogP contribution is 2.44. The Kier molecular flexibility index (Phi) is 6.37. The summed E-state index contributed by atoms with van der Waals surface area (Å²) in [5.41, 5.74) is 2.48. The zero-order chi connectivity index (χ0) is 22.1. The third kappa shape index (κ3) is 4.75. The van der Waals surface area contributed by atoms with Gasteiger partial charge in [0.25, 0.3) is 0 Å². The van der Waals surface area contributed by atoms with E-state index in [0.717, 1.165) is 16.9 Å². The number of rotatable bonds is 6. The SMILES string of the molecule is CC(C)[C@@H](NCC(=O)Nc1sc2c(c1C#N)CC(C)(C)NC2(C)C)c1ccccc1. The van der Waals surface area contributed by atoms with Gasteiger partial charge in [-0.15, -0.1) is 11.3 Å². The fourth-order valence-corrected chi connectivity index (χ4v) is 5.75. The Balaban J connectivity index is 1.76. The van der Waals surface area contributed by atoms with Crippen LogP contribution in [0.25, 0.3) is 0 Å². The quantitative estimate of drug-likeness (QED) is 0.628. The van der Waals surface area contributed by atoms with Gasteiger partial charge in [-0.1, -0.05) is 44.2 Å². The Morgan fingerprint density at radius 3 is 2.50 bits per heavy atom. The van der Waals surface area contributed by atoms with Crippen molar-refractivity contribution < 1.29 is 4.79 Å². The Bertz CT molecular complexity index is 954. The molecule has 0 bridgehead atoms. The lowest BCUT2D eigenvalue weighted by Crippen LogP contribution is -2.54. The minimum atomic E-state index is -0.245. The average molecular weight is 425 g/mol. The lowest BCUT2D eigenvalue weighted by molar-refractivity contribution is -0.115. The number of nitrogens with zero attached hydrogens (tertiary/aromatic N) is 1. The molecule has 6 heteroatoms. The summed E-state index contributed by atoms with van der Waals surface area (Å²) in [6.07, 6.45) is 0.767. The molecule has 160 valence electrons. The van der Waals surface area contributed by atoms with Crippen molar-refractivity contribution in [2.75, 3.05) is 11.9 Å². The van der Waals surface area contributed by atoms with Crippen LogP contribution in [0.15, 0.2) is 30.3 Å². The van der Waals surface area contributed by atoms with E-state index in [1.54, 1.807) is 0 Å². The van der Waals surface area contributed by atoms with Gasteiger partial charge in [0.1, 0.15) is 11.1 Å². The second kappa shape index (κ2) is 8.50. The molecule has 0 saturated carbocycles. The van der Waals surface area contributed by atoms with Gasteiger partial charge < -0.3 is 16.0 Å². The lowest BCUT2D eigenvalue weighted by Gasteiger charge is -2.42. The number of thiophene rings is 1. The van der Waals surface area contributed by atoms with Gasteiger partial charge in [-0.25, -0.2) is 0 Å². The molecule has 1 amide bonds. The first-order valence-corrected chi connectivity index (χ1v) is 11.3. The number of benzene rings is 1. The molecular weight excluding hydrogens is 392 g/mol. The maximum absolute atomic E-state index is 12.7. The highest BCUT2D eigenvalue weighted by atomic mass is 32.1. The number of hydrogen-bond donors (Lipinski definition) is 3. The van der Waals surface area contributed by atoms with Crippen molar-refractivity contribution in [2.45, 2.75) is 65.1 Å². The highest BCUT2D eigenvalue weighted by molar-refractivity contribution is 7.17. The van der Waals surface area contributed by atoms with Crippen LogP contribution in [-0.2, 0) is 16.8 Å². The fourth-order valence-electron chi connectivity index (χ4n) is 4.51. The molecule has 1 aromatic heterocycles. The third-order valence-corrected chi connectivity index (χ3v) is 6.99. The molecule has 5 nitrogen and oxygen atoms in total. The smallest absolute Gasteiger partial charge is 0.238 e. The summed E-state index contributed by atoms with van der Waals surface area (Å²) in [5, 5.41) is 20.5. The lowest BCUT2D eigenvalue weighted by atomic mass is 9.81. The number of nitrogens with one attached hydrogen (secondary N) is 3. The number of anilines is 1. The van der Waals surface area contributed by atoms with Crippen LogP contribution >= 0.6 is 11.3 Å². The van der Waals surface area contributed by atoms with Gasteiger partial charge in [0.15, 0.2) is 0 Å². The standard InChI is InChI=1S/C24H32N4OS/c1-15(2)20(16-10-8-7-9-11-16)26-14-19(29)27-22-18(13-25)17-12-23(3,4)28-24(5,6)21(17)30-22/h7-11,15,20,26,28H,12,14H2,1-6H3,(H,27,29)/t20-/m1/s1. The van der Waals surface area contributed by atoms with Crippen LogP contribution in [0.3, 0.4) is 0 Å². The monoisotopic (exact) mass is 424 g/mol. The Hall–Kier alpha value is -2.20. The normalized spacial score (nSPS) is 17.8. The minimum absolute atomic E-state index is 0.0906. The van der Waals surface area contributed by atoms with Crippen LogP contribution in [0.4, 0.5) is 5.00 Å². The molecule has 0 spiro atoms. The third-order valence-electron chi connectivity index (χ3n) is 5.52. The molecule has 1 atom stereocenters. The second-order valence-corrected chi connectivity index (χ2v) is 10.6. The van der Waals surface area contributed by atoms with Gasteiger partial charge in [-0.3, -0.25) is 4.79 Å². The molecule has 3 rings (SSSR count). The van der Waals surface area contributed by atoms with Gasteiger partial charge in [0, 0.05) is 22.0 Å². The number of hydrogen-bond acceptors (Lipinski definition) is 5. The number of fused-ring (bicyclic) bond motifs is 1. The number of carbonyl (C=O) groups excluding carboxylic acids is 1. The topological polar surface area (TPSA) is 77.0 Å². The van der Waals surface area contributed by atoms with Crippen molar-refractivity contribution >= 4 is 22.2 Å². The van der Waals surface area contributed by atoms with Crippen molar-refractivity contribution in [1.29, 1.82) is 5.26 Å². The number of carbonyl (C=O) groups is 1. The average Bonchev–Trinajstić information content (AvgIpc) is 2.98. The molecule has 0 radical (unpaired) electrons. The summed E-state index contributed by atoms with van der Waals surface area (Å²) in [7, 11) is 0. The Morgan fingerprint density at radius 2 is 1.90 bits per heavy atom. The number of amides is 1. The molecule has 3 N–H and O–H groups in total. The zero-order valence-electron chi connectivity index (χ0n) is 18.7. The Morgan fingerprint density at radius 1 is 1.23 bits per heavy atom. The van der Waals surface area contributed by atoms with Crippen molar-refractivity contribution in [3.63, 3.8) is 0 Å². The first-order chi connectivity index (χ1) is 14.0. The summed E-state index contributed by atoms with van der Waals surface area (Å²) in [6, 6.07) is 12.6. The first-order valence-electron chi connectivity index (χ1n) is 10.5. The molecule has 2 aromatic rings. The summed E-state index contributed by atoms with van der Waals surface area (Å²) >= 11 is 1.51. The van der Waals surface area contributed by atoms with E-state index in [-0.39, 0.29) is 29.6 Å². The van der Waals surface area contributed by atoms with Crippen LogP contribution < -0.4 is 16.0 Å². The molecule has 30 heavy (non-hydrogen) atoms. The second-order valence-electron chi connectivity index (χ2n) is 9.60.